The van der Waals surface area contributed by atoms with E-state index in [0.29, 0.717) is 53.3 Å². The summed E-state index contributed by atoms with van der Waals surface area (Å²) >= 11 is 0. The van der Waals surface area contributed by atoms with Crippen molar-refractivity contribution in [2.45, 2.75) is 5.60 Å². The molecule has 5 rings (SSSR count). The van der Waals surface area contributed by atoms with Crippen LogP contribution in [0.2, 0.25) is 0 Å². The molecule has 38 heavy (non-hydrogen) atoms. The van der Waals surface area contributed by atoms with Crippen molar-refractivity contribution < 1.29 is 14.3 Å². The van der Waals surface area contributed by atoms with Crippen LogP contribution >= 0.6 is 0 Å². The lowest BCUT2D eigenvalue weighted by molar-refractivity contribution is -0.111. The summed E-state index contributed by atoms with van der Waals surface area (Å²) in [5, 5.41) is 10.1. The zero-order valence-corrected chi connectivity index (χ0v) is 20.9. The Labute approximate surface area is 219 Å². The van der Waals surface area contributed by atoms with E-state index in [9.17, 15) is 4.79 Å². The van der Waals surface area contributed by atoms with Crippen LogP contribution in [0.5, 0.6) is 5.88 Å². The Kier molecular flexibility index (Phi) is 7.22. The molecule has 1 atom stereocenters. The van der Waals surface area contributed by atoms with Gasteiger partial charge in [0.05, 0.1) is 30.6 Å². The Morgan fingerprint density at radius 2 is 2.16 bits per heavy atom. The smallest absolute Gasteiger partial charge is 0.247 e. The first-order valence-electron chi connectivity index (χ1n) is 12.1. The summed E-state index contributed by atoms with van der Waals surface area (Å²) < 4.78 is 11.6. The van der Waals surface area contributed by atoms with Gasteiger partial charge in [0.15, 0.2) is 0 Å². The molecule has 0 saturated carbocycles. The molecule has 1 fully saturated rings. The van der Waals surface area contributed by atoms with Crippen LogP contribution in [-0.4, -0.2) is 59.2 Å². The lowest BCUT2D eigenvalue weighted by Crippen LogP contribution is -2.52. The quantitative estimate of drug-likeness (QED) is 0.260. The summed E-state index contributed by atoms with van der Waals surface area (Å²) in [5.74, 6) is 0.429. The van der Waals surface area contributed by atoms with Gasteiger partial charge >= 0.3 is 0 Å². The van der Waals surface area contributed by atoms with Crippen molar-refractivity contribution in [2.75, 3.05) is 44.0 Å². The highest BCUT2D eigenvalue weighted by Crippen LogP contribution is 2.32. The molecule has 11 heteroatoms. The van der Waals surface area contributed by atoms with Crippen molar-refractivity contribution in [1.82, 2.24) is 25.3 Å². The molecule has 4 heterocycles. The van der Waals surface area contributed by atoms with Crippen molar-refractivity contribution in [1.29, 1.82) is 0 Å². The first kappa shape index (κ1) is 25.2. The molecule has 1 saturated heterocycles. The van der Waals surface area contributed by atoms with Crippen molar-refractivity contribution in [2.24, 2.45) is 5.73 Å². The predicted molar refractivity (Wildman–Crippen MR) is 145 cm³/mol. The monoisotopic (exact) mass is 512 g/mol. The molecule has 1 aliphatic heterocycles. The van der Waals surface area contributed by atoms with E-state index in [4.69, 9.17) is 20.2 Å². The third kappa shape index (κ3) is 5.02. The largest absolute Gasteiger partial charge is 0.480 e. The molecule has 11 nitrogen and oxygen atoms in total. The predicted octanol–water partition coefficient (Wildman–Crippen LogP) is 2.74. The highest BCUT2D eigenvalue weighted by molar-refractivity contribution is 5.99. The number of amides is 1. The van der Waals surface area contributed by atoms with Gasteiger partial charge in [-0.1, -0.05) is 24.8 Å². The van der Waals surface area contributed by atoms with E-state index < -0.39 is 5.60 Å². The number of aromatic nitrogens is 4. The average molecular weight is 513 g/mol. The summed E-state index contributed by atoms with van der Waals surface area (Å²) in [4.78, 5) is 30.2. The molecule has 1 aliphatic rings. The molecule has 0 unspecified atom stereocenters. The summed E-state index contributed by atoms with van der Waals surface area (Å²) in [6, 6.07) is 13.0. The maximum absolute atomic E-state index is 11.7. The Hall–Kier alpha value is -4.45. The van der Waals surface area contributed by atoms with Crippen molar-refractivity contribution in [3.8, 4) is 17.1 Å². The number of carbonyl (C=O) groups is 1. The molecule has 1 aromatic carbocycles. The number of hydrogen-bond donors (Lipinski definition) is 4. The van der Waals surface area contributed by atoms with Crippen molar-refractivity contribution in [3.63, 3.8) is 0 Å². The van der Waals surface area contributed by atoms with E-state index in [-0.39, 0.29) is 12.5 Å². The van der Waals surface area contributed by atoms with E-state index in [2.05, 4.69) is 37.5 Å². The molecule has 0 bridgehead atoms. The standard InChI is InChI=1S/C27H28N8O3/c1-3-23(36)32-18-9-10-30-21(13-18)19-6-4-5-17-14-31-26(35-24(17)19)33-20-7-8-22(34-25(20)37-2)27(15-28)16-29-11-12-38-27/h3-10,13-14,29H,1,11-12,15-16,28H2,2H3,(H,30,32,36)(H,31,33,35)/t27-/m1/s1. The number of pyridine rings is 2. The Bertz CT molecular complexity index is 1490. The summed E-state index contributed by atoms with van der Waals surface area (Å²) in [7, 11) is 1.55. The van der Waals surface area contributed by atoms with Gasteiger partial charge < -0.3 is 31.2 Å². The normalized spacial score (nSPS) is 17.1. The fourth-order valence-corrected chi connectivity index (χ4v) is 4.30. The second kappa shape index (κ2) is 10.9. The minimum absolute atomic E-state index is 0.284. The minimum Gasteiger partial charge on any atom is -0.480 e. The van der Waals surface area contributed by atoms with E-state index >= 15 is 0 Å². The fourth-order valence-electron chi connectivity index (χ4n) is 4.30. The van der Waals surface area contributed by atoms with Crippen LogP contribution < -0.4 is 26.4 Å². The van der Waals surface area contributed by atoms with Gasteiger partial charge in [0.1, 0.15) is 11.3 Å². The van der Waals surface area contributed by atoms with Gasteiger partial charge in [-0.05, 0) is 30.3 Å². The molecule has 1 amide bonds. The zero-order valence-electron chi connectivity index (χ0n) is 20.9. The van der Waals surface area contributed by atoms with Crippen LogP contribution in [0, 0.1) is 0 Å². The Balaban J connectivity index is 1.48. The summed E-state index contributed by atoms with van der Waals surface area (Å²) in [6.45, 7) is 5.66. The maximum Gasteiger partial charge on any atom is 0.247 e. The number of nitrogens with zero attached hydrogens (tertiary/aromatic N) is 4. The zero-order chi connectivity index (χ0) is 26.5. The number of nitrogens with one attached hydrogen (secondary N) is 3. The number of nitrogens with two attached hydrogens (primary N) is 1. The van der Waals surface area contributed by atoms with Crippen LogP contribution in [0.3, 0.4) is 0 Å². The number of carbonyl (C=O) groups excluding carboxylic acids is 1. The number of hydrogen-bond acceptors (Lipinski definition) is 10. The van der Waals surface area contributed by atoms with E-state index in [0.717, 1.165) is 17.5 Å². The van der Waals surface area contributed by atoms with Gasteiger partial charge in [0, 0.05) is 48.7 Å². The first-order chi connectivity index (χ1) is 18.5. The summed E-state index contributed by atoms with van der Waals surface area (Å²) in [5.41, 5.74) is 9.36. The third-order valence-electron chi connectivity index (χ3n) is 6.26. The minimum atomic E-state index is -0.717. The van der Waals surface area contributed by atoms with Gasteiger partial charge in [-0.25, -0.2) is 15.0 Å². The van der Waals surface area contributed by atoms with Gasteiger partial charge in [-0.15, -0.1) is 0 Å². The number of methoxy groups -OCH3 is 1. The van der Waals surface area contributed by atoms with E-state index in [1.807, 2.05) is 30.3 Å². The van der Waals surface area contributed by atoms with Crippen LogP contribution in [0.15, 0.2) is 67.5 Å². The summed E-state index contributed by atoms with van der Waals surface area (Å²) in [6.07, 6.45) is 4.58. The average Bonchev–Trinajstić information content (AvgIpc) is 2.97. The number of para-hydroxylation sites is 1. The first-order valence-corrected chi connectivity index (χ1v) is 12.1. The molecule has 3 aromatic heterocycles. The molecule has 0 aliphatic carbocycles. The number of morpholine rings is 1. The highest BCUT2D eigenvalue weighted by atomic mass is 16.5. The second-order valence-electron chi connectivity index (χ2n) is 8.66. The third-order valence-corrected chi connectivity index (χ3v) is 6.26. The van der Waals surface area contributed by atoms with Gasteiger partial charge in [-0.3, -0.25) is 9.78 Å². The van der Waals surface area contributed by atoms with Crippen molar-refractivity contribution >= 4 is 34.1 Å². The van der Waals surface area contributed by atoms with Crippen LogP contribution in [0.25, 0.3) is 22.2 Å². The van der Waals surface area contributed by atoms with Crippen LogP contribution in [-0.2, 0) is 15.1 Å². The Morgan fingerprint density at radius 1 is 1.26 bits per heavy atom. The van der Waals surface area contributed by atoms with E-state index in [1.165, 1.54) is 6.08 Å². The topological polar surface area (TPSA) is 149 Å². The molecular formula is C27H28N8O3. The van der Waals surface area contributed by atoms with Gasteiger partial charge in [0.2, 0.25) is 17.7 Å². The van der Waals surface area contributed by atoms with Gasteiger partial charge in [0.25, 0.3) is 0 Å². The van der Waals surface area contributed by atoms with E-state index in [1.54, 1.807) is 31.6 Å². The maximum atomic E-state index is 11.7. The molecule has 0 radical (unpaired) electrons. The van der Waals surface area contributed by atoms with Crippen LogP contribution in [0.1, 0.15) is 5.69 Å². The van der Waals surface area contributed by atoms with Gasteiger partial charge in [-0.2, -0.15) is 0 Å². The number of anilines is 3. The number of fused-ring (bicyclic) bond motifs is 1. The molecule has 194 valence electrons. The number of benzene rings is 1. The van der Waals surface area contributed by atoms with Crippen LogP contribution in [0.4, 0.5) is 17.3 Å². The molecular weight excluding hydrogens is 484 g/mol. The second-order valence-corrected chi connectivity index (χ2v) is 8.66. The SMILES string of the molecule is C=CC(=O)Nc1ccnc(-c2cccc3cnc(Nc4ccc([C@@]5(CN)CNCCO5)nc4OC)nc23)c1. The highest BCUT2D eigenvalue weighted by Gasteiger charge is 2.36. The lowest BCUT2D eigenvalue weighted by atomic mass is 9.97. The molecule has 4 aromatic rings. The lowest BCUT2D eigenvalue weighted by Gasteiger charge is -2.36. The molecule has 5 N–H and O–H groups in total. The number of ether oxygens (including phenoxy) is 2. The molecule has 0 spiro atoms. The Morgan fingerprint density at radius 3 is 2.92 bits per heavy atom. The fraction of sp³-hybridized carbons (Fsp3) is 0.222. The van der Waals surface area contributed by atoms with Crippen molar-refractivity contribution in [3.05, 3.63) is 73.2 Å². The number of rotatable bonds is 8.